The standard InChI is InChI=1S/C14H18N2O3S/c1-9-5-7-16(11(8-9)14(18)19)13(17)10-4-3-6-15-12(10)20-2/h3-4,6,9,11H,5,7-8H2,1-2H3,(H,18,19). The van der Waals surface area contributed by atoms with Crippen molar-refractivity contribution in [3.63, 3.8) is 0 Å². The number of hydrogen-bond donors (Lipinski definition) is 1. The molecule has 108 valence electrons. The average molecular weight is 294 g/mol. The zero-order valence-corrected chi connectivity index (χ0v) is 12.4. The lowest BCUT2D eigenvalue weighted by Crippen LogP contribution is -2.49. The van der Waals surface area contributed by atoms with Gasteiger partial charge >= 0.3 is 5.97 Å². The Kier molecular flexibility index (Phi) is 4.65. The molecule has 1 amide bonds. The van der Waals surface area contributed by atoms with E-state index in [1.165, 1.54) is 16.7 Å². The molecule has 0 aromatic carbocycles. The maximum Gasteiger partial charge on any atom is 0.326 e. The van der Waals surface area contributed by atoms with Crippen molar-refractivity contribution in [3.05, 3.63) is 23.9 Å². The minimum Gasteiger partial charge on any atom is -0.480 e. The number of carboxylic acids is 1. The lowest BCUT2D eigenvalue weighted by Gasteiger charge is -2.36. The predicted molar refractivity (Wildman–Crippen MR) is 76.9 cm³/mol. The Hall–Kier alpha value is -1.56. The summed E-state index contributed by atoms with van der Waals surface area (Å²) in [6.45, 7) is 2.51. The first-order chi connectivity index (χ1) is 9.54. The molecule has 1 fully saturated rings. The highest BCUT2D eigenvalue weighted by atomic mass is 32.2. The Labute approximate surface area is 122 Å². The van der Waals surface area contributed by atoms with Gasteiger partial charge in [0.15, 0.2) is 0 Å². The summed E-state index contributed by atoms with van der Waals surface area (Å²) >= 11 is 1.39. The van der Waals surface area contributed by atoms with E-state index in [0.717, 1.165) is 6.42 Å². The fourth-order valence-electron chi connectivity index (χ4n) is 2.49. The minimum atomic E-state index is -0.931. The number of aromatic nitrogens is 1. The Morgan fingerprint density at radius 2 is 2.25 bits per heavy atom. The molecule has 6 heteroatoms. The Morgan fingerprint density at radius 3 is 2.90 bits per heavy atom. The summed E-state index contributed by atoms with van der Waals surface area (Å²) in [5.74, 6) is -0.838. The topological polar surface area (TPSA) is 70.5 Å². The van der Waals surface area contributed by atoms with Gasteiger partial charge in [-0.1, -0.05) is 6.92 Å². The number of aliphatic carboxylic acids is 1. The Balaban J connectivity index is 2.29. The summed E-state index contributed by atoms with van der Waals surface area (Å²) in [4.78, 5) is 29.6. The van der Waals surface area contributed by atoms with E-state index in [9.17, 15) is 14.7 Å². The van der Waals surface area contributed by atoms with Gasteiger partial charge in [-0.15, -0.1) is 11.8 Å². The van der Waals surface area contributed by atoms with Crippen LogP contribution >= 0.6 is 11.8 Å². The summed E-state index contributed by atoms with van der Waals surface area (Å²) in [5.41, 5.74) is 0.487. The predicted octanol–water partition coefficient (Wildman–Crippen LogP) is 2.13. The number of amides is 1. The smallest absolute Gasteiger partial charge is 0.326 e. The third kappa shape index (κ3) is 2.95. The van der Waals surface area contributed by atoms with Crippen LogP contribution < -0.4 is 0 Å². The van der Waals surface area contributed by atoms with Gasteiger partial charge in [0.05, 0.1) is 5.56 Å². The highest BCUT2D eigenvalue weighted by Gasteiger charge is 2.35. The van der Waals surface area contributed by atoms with Crippen molar-refractivity contribution in [1.82, 2.24) is 9.88 Å². The number of carboxylic acid groups (broad SMARTS) is 1. The van der Waals surface area contributed by atoms with Crippen molar-refractivity contribution in [2.45, 2.75) is 30.8 Å². The van der Waals surface area contributed by atoms with Crippen LogP contribution in [0, 0.1) is 5.92 Å². The van der Waals surface area contributed by atoms with Crippen LogP contribution in [-0.4, -0.2) is 45.7 Å². The van der Waals surface area contributed by atoms with E-state index >= 15 is 0 Å². The Bertz CT molecular complexity index is 521. The Morgan fingerprint density at radius 1 is 1.50 bits per heavy atom. The van der Waals surface area contributed by atoms with Crippen molar-refractivity contribution < 1.29 is 14.7 Å². The van der Waals surface area contributed by atoms with Crippen LogP contribution in [0.15, 0.2) is 23.4 Å². The normalized spacial score (nSPS) is 22.6. The monoisotopic (exact) mass is 294 g/mol. The molecule has 1 N–H and O–H groups in total. The third-order valence-electron chi connectivity index (χ3n) is 3.61. The van der Waals surface area contributed by atoms with Gasteiger partial charge in [0.1, 0.15) is 11.1 Å². The van der Waals surface area contributed by atoms with E-state index < -0.39 is 12.0 Å². The number of rotatable bonds is 3. The number of carbonyl (C=O) groups excluding carboxylic acids is 1. The van der Waals surface area contributed by atoms with Gasteiger partial charge in [-0.25, -0.2) is 9.78 Å². The number of pyridine rings is 1. The lowest BCUT2D eigenvalue weighted by atomic mass is 9.92. The van der Waals surface area contributed by atoms with Gasteiger partial charge in [-0.3, -0.25) is 4.79 Å². The maximum atomic E-state index is 12.6. The number of hydrogen-bond acceptors (Lipinski definition) is 4. The summed E-state index contributed by atoms with van der Waals surface area (Å²) < 4.78 is 0. The quantitative estimate of drug-likeness (QED) is 0.865. The number of carbonyl (C=O) groups is 2. The van der Waals surface area contributed by atoms with Crippen molar-refractivity contribution in [2.24, 2.45) is 5.92 Å². The van der Waals surface area contributed by atoms with Crippen molar-refractivity contribution >= 4 is 23.6 Å². The summed E-state index contributed by atoms with van der Waals surface area (Å²) in [6, 6.07) is 2.68. The molecule has 1 aromatic heterocycles. The molecule has 0 spiro atoms. The third-order valence-corrected chi connectivity index (χ3v) is 4.32. The molecule has 5 nitrogen and oxygen atoms in total. The molecule has 0 aliphatic carbocycles. The van der Waals surface area contributed by atoms with Crippen LogP contribution in [0.5, 0.6) is 0 Å². The van der Waals surface area contributed by atoms with Crippen LogP contribution in [0.25, 0.3) is 0 Å². The van der Waals surface area contributed by atoms with E-state index in [4.69, 9.17) is 0 Å². The summed E-state index contributed by atoms with van der Waals surface area (Å²) in [6.07, 6.45) is 4.84. The first-order valence-electron chi connectivity index (χ1n) is 6.57. The van der Waals surface area contributed by atoms with E-state index in [1.807, 2.05) is 13.2 Å². The maximum absolute atomic E-state index is 12.6. The molecule has 1 aromatic rings. The van der Waals surface area contributed by atoms with E-state index in [1.54, 1.807) is 18.3 Å². The molecule has 1 aliphatic rings. The van der Waals surface area contributed by atoms with Crippen LogP contribution in [0.1, 0.15) is 30.1 Å². The number of thioether (sulfide) groups is 1. The van der Waals surface area contributed by atoms with Crippen molar-refractivity contribution in [1.29, 1.82) is 0 Å². The van der Waals surface area contributed by atoms with Crippen LogP contribution in [0.2, 0.25) is 0 Å². The zero-order chi connectivity index (χ0) is 14.7. The molecule has 2 heterocycles. The van der Waals surface area contributed by atoms with Gasteiger partial charge in [0, 0.05) is 12.7 Å². The van der Waals surface area contributed by atoms with Gasteiger partial charge < -0.3 is 10.0 Å². The molecule has 20 heavy (non-hydrogen) atoms. The minimum absolute atomic E-state index is 0.234. The fraction of sp³-hybridized carbons (Fsp3) is 0.500. The van der Waals surface area contributed by atoms with Crippen molar-refractivity contribution in [2.75, 3.05) is 12.8 Å². The molecular formula is C14H18N2O3S. The van der Waals surface area contributed by atoms with Gasteiger partial charge in [0.2, 0.25) is 0 Å². The van der Waals surface area contributed by atoms with Gasteiger partial charge in [0.25, 0.3) is 5.91 Å². The second-order valence-corrected chi connectivity index (χ2v) is 5.84. The zero-order valence-electron chi connectivity index (χ0n) is 11.6. The summed E-state index contributed by atoms with van der Waals surface area (Å²) in [5, 5.41) is 9.97. The molecule has 1 aliphatic heterocycles. The molecule has 0 bridgehead atoms. The molecule has 2 atom stereocenters. The second-order valence-electron chi connectivity index (χ2n) is 5.04. The first kappa shape index (κ1) is 14.8. The van der Waals surface area contributed by atoms with Crippen LogP contribution in [-0.2, 0) is 4.79 Å². The highest BCUT2D eigenvalue weighted by molar-refractivity contribution is 7.98. The number of nitrogens with zero attached hydrogens (tertiary/aromatic N) is 2. The first-order valence-corrected chi connectivity index (χ1v) is 7.79. The molecule has 0 saturated carbocycles. The molecule has 1 saturated heterocycles. The molecule has 2 unspecified atom stereocenters. The van der Waals surface area contributed by atoms with E-state index in [0.29, 0.717) is 29.5 Å². The van der Waals surface area contributed by atoms with Crippen LogP contribution in [0.4, 0.5) is 0 Å². The van der Waals surface area contributed by atoms with Crippen LogP contribution in [0.3, 0.4) is 0 Å². The second kappa shape index (κ2) is 6.26. The van der Waals surface area contributed by atoms with E-state index in [2.05, 4.69) is 4.98 Å². The summed E-state index contributed by atoms with van der Waals surface area (Å²) in [7, 11) is 0. The lowest BCUT2D eigenvalue weighted by molar-refractivity contribution is -0.144. The SMILES string of the molecule is CSc1ncccc1C(=O)N1CCC(C)CC1C(=O)O. The average Bonchev–Trinajstić information content (AvgIpc) is 2.46. The van der Waals surface area contributed by atoms with Gasteiger partial charge in [-0.05, 0) is 37.1 Å². The largest absolute Gasteiger partial charge is 0.480 e. The molecular weight excluding hydrogens is 276 g/mol. The molecule has 0 radical (unpaired) electrons. The highest BCUT2D eigenvalue weighted by Crippen LogP contribution is 2.26. The van der Waals surface area contributed by atoms with E-state index in [-0.39, 0.29) is 5.91 Å². The number of piperidine rings is 1. The van der Waals surface area contributed by atoms with Crippen molar-refractivity contribution in [3.8, 4) is 0 Å². The molecule has 2 rings (SSSR count). The van der Waals surface area contributed by atoms with Gasteiger partial charge in [-0.2, -0.15) is 0 Å². The number of likely N-dealkylation sites (tertiary alicyclic amines) is 1. The fourth-order valence-corrected chi connectivity index (χ4v) is 3.03.